The number of rotatable bonds is 3. The Bertz CT molecular complexity index is 195. The van der Waals surface area contributed by atoms with Crippen molar-refractivity contribution in [3.05, 3.63) is 0 Å². The normalized spacial score (nSPS) is 16.6. The summed E-state index contributed by atoms with van der Waals surface area (Å²) in [5.74, 6) is -0.832. The zero-order valence-corrected chi connectivity index (χ0v) is 5.91. The molecule has 0 aliphatic carbocycles. The molecule has 0 heterocycles. The van der Waals surface area contributed by atoms with Gasteiger partial charge in [0.15, 0.2) is 0 Å². The van der Waals surface area contributed by atoms with Gasteiger partial charge in [0.1, 0.15) is 6.61 Å². The fourth-order valence-corrected chi connectivity index (χ4v) is 0.542. The van der Waals surface area contributed by atoms with Gasteiger partial charge in [-0.15, -0.1) is 0 Å². The molecule has 3 N–H and O–H groups in total. The molecule has 5 nitrogen and oxygen atoms in total. The highest BCUT2D eigenvalue weighted by Gasteiger charge is 2.01. The molecule has 1 atom stereocenters. The van der Waals surface area contributed by atoms with Crippen molar-refractivity contribution in [1.29, 1.82) is 0 Å². The number of carbonyl (C=O) groups excluding carboxylic acids is 1. The van der Waals surface area contributed by atoms with Crippen LogP contribution >= 0.6 is 0 Å². The third kappa shape index (κ3) is 7.76. The first-order valence-electron chi connectivity index (χ1n) is 1.82. The Kier molecular flexibility index (Phi) is 2.98. The van der Waals surface area contributed by atoms with Crippen molar-refractivity contribution in [2.75, 3.05) is 6.61 Å². The number of amides is 1. The van der Waals surface area contributed by atoms with Crippen molar-refractivity contribution in [2.24, 2.45) is 5.73 Å². The summed E-state index contributed by atoms with van der Waals surface area (Å²) in [6, 6.07) is 0. The van der Waals surface area contributed by atoms with Crippen LogP contribution in [0.15, 0.2) is 0 Å². The number of primary amides is 1. The Morgan fingerprint density at radius 2 is 2.33 bits per heavy atom. The molecule has 0 spiro atoms. The number of nitrogens with two attached hydrogens (primary N) is 1. The van der Waals surface area contributed by atoms with Gasteiger partial charge in [-0.3, -0.25) is 13.5 Å². The summed E-state index contributed by atoms with van der Waals surface area (Å²) >= 11 is 3.86. The maximum absolute atomic E-state index is 10.0. The second kappa shape index (κ2) is 3.06. The molecule has 0 aliphatic rings. The summed E-state index contributed by atoms with van der Waals surface area (Å²) < 4.78 is 22.1. The fraction of sp³-hybridized carbons (Fsp3) is 0.500. The molecule has 0 aromatic heterocycles. The van der Waals surface area contributed by atoms with Crippen molar-refractivity contribution >= 4 is 26.1 Å². The molecule has 0 aromatic carbocycles. The minimum Gasteiger partial charge on any atom is -0.368 e. The molecule has 9 heavy (non-hydrogen) atoms. The minimum atomic E-state index is -3.69. The van der Waals surface area contributed by atoms with Crippen LogP contribution < -0.4 is 5.73 Å². The molecule has 0 saturated heterocycles. The smallest absolute Gasteiger partial charge is 0.267 e. The summed E-state index contributed by atoms with van der Waals surface area (Å²) in [5, 5.41) is 0. The standard InChI is InChI=1S/C2H5NO4S2/c3-2(4)1-7-9(5,6)8/h1H2,(H2,3,4)(H,5,6,8). The van der Waals surface area contributed by atoms with Crippen LogP contribution in [-0.4, -0.2) is 21.3 Å². The first-order valence-corrected chi connectivity index (χ1v) is 4.18. The van der Waals surface area contributed by atoms with E-state index in [4.69, 9.17) is 4.55 Å². The predicted molar refractivity (Wildman–Crippen MR) is 33.3 cm³/mol. The lowest BCUT2D eigenvalue weighted by molar-refractivity contribution is -0.119. The number of hydrogen-bond acceptors (Lipinski definition) is 4. The highest BCUT2D eigenvalue weighted by Crippen LogP contribution is 1.83. The van der Waals surface area contributed by atoms with Crippen molar-refractivity contribution in [3.63, 3.8) is 0 Å². The topological polar surface area (TPSA) is 89.6 Å². The summed E-state index contributed by atoms with van der Waals surface area (Å²) in [6.45, 7) is -0.626. The average Bonchev–Trinajstić information content (AvgIpc) is 1.59. The van der Waals surface area contributed by atoms with Gasteiger partial charge >= 0.3 is 0 Å². The average molecular weight is 171 g/mol. The zero-order valence-electron chi connectivity index (χ0n) is 4.27. The van der Waals surface area contributed by atoms with E-state index in [9.17, 15) is 9.00 Å². The third-order valence-electron chi connectivity index (χ3n) is 0.350. The van der Waals surface area contributed by atoms with Gasteiger partial charge in [0.25, 0.3) is 9.05 Å². The molecule has 0 aliphatic heterocycles. The van der Waals surface area contributed by atoms with Crippen LogP contribution in [0.25, 0.3) is 0 Å². The Morgan fingerprint density at radius 3 is 2.44 bits per heavy atom. The Morgan fingerprint density at radius 1 is 1.89 bits per heavy atom. The second-order valence-corrected chi connectivity index (χ2v) is 3.51. The Labute approximate surface area is 56.9 Å². The molecule has 0 saturated carbocycles. The molecule has 0 aromatic rings. The highest BCUT2D eigenvalue weighted by molar-refractivity contribution is 8.27. The van der Waals surface area contributed by atoms with E-state index in [-0.39, 0.29) is 0 Å². The summed E-state index contributed by atoms with van der Waals surface area (Å²) in [6.07, 6.45) is 0. The molecule has 0 rings (SSSR count). The lowest BCUT2D eigenvalue weighted by atomic mass is 10.7. The minimum absolute atomic E-state index is 0.626. The molecule has 54 valence electrons. The van der Waals surface area contributed by atoms with E-state index in [1.807, 2.05) is 0 Å². The Hall–Kier alpha value is -0.240. The SMILES string of the molecule is NC(=O)COS(=O)(O)=S. The zero-order chi connectivity index (χ0) is 7.49. The van der Waals surface area contributed by atoms with Crippen LogP contribution in [0.4, 0.5) is 0 Å². The van der Waals surface area contributed by atoms with Gasteiger partial charge in [-0.25, -0.2) is 0 Å². The molecule has 0 bridgehead atoms. The van der Waals surface area contributed by atoms with E-state index in [1.54, 1.807) is 0 Å². The molecule has 7 heteroatoms. The fourth-order valence-electron chi connectivity index (χ4n) is 0.133. The van der Waals surface area contributed by atoms with Crippen LogP contribution in [0, 0.1) is 0 Å². The molecule has 0 radical (unpaired) electrons. The Balaban J connectivity index is 3.67. The van der Waals surface area contributed by atoms with Gasteiger partial charge in [-0.1, -0.05) is 0 Å². The van der Waals surface area contributed by atoms with Crippen molar-refractivity contribution in [3.8, 4) is 0 Å². The van der Waals surface area contributed by atoms with Crippen LogP contribution in [0.3, 0.4) is 0 Å². The molecular weight excluding hydrogens is 166 g/mol. The van der Waals surface area contributed by atoms with Gasteiger partial charge < -0.3 is 5.73 Å². The maximum Gasteiger partial charge on any atom is 0.267 e. The summed E-state index contributed by atoms with van der Waals surface area (Å²) in [7, 11) is -3.69. The maximum atomic E-state index is 10.0. The first-order chi connectivity index (χ1) is 3.92. The summed E-state index contributed by atoms with van der Waals surface area (Å²) in [5.41, 5.74) is 4.55. The highest BCUT2D eigenvalue weighted by atomic mass is 32.9. The first kappa shape index (κ1) is 8.76. The van der Waals surface area contributed by atoms with Gasteiger partial charge in [-0.2, -0.15) is 4.21 Å². The van der Waals surface area contributed by atoms with E-state index >= 15 is 0 Å². The second-order valence-electron chi connectivity index (χ2n) is 1.16. The van der Waals surface area contributed by atoms with Crippen molar-refractivity contribution < 1.29 is 17.7 Å². The van der Waals surface area contributed by atoms with E-state index < -0.39 is 21.6 Å². The van der Waals surface area contributed by atoms with Gasteiger partial charge in [-0.05, 0) is 0 Å². The van der Waals surface area contributed by atoms with Crippen LogP contribution in [-0.2, 0) is 29.2 Å². The van der Waals surface area contributed by atoms with E-state index in [0.717, 1.165) is 0 Å². The lowest BCUT2D eigenvalue weighted by Gasteiger charge is -1.95. The van der Waals surface area contributed by atoms with Crippen LogP contribution in [0.2, 0.25) is 0 Å². The van der Waals surface area contributed by atoms with Crippen LogP contribution in [0.5, 0.6) is 0 Å². The van der Waals surface area contributed by atoms with Gasteiger partial charge in [0.2, 0.25) is 5.91 Å². The van der Waals surface area contributed by atoms with Crippen LogP contribution in [0.1, 0.15) is 0 Å². The van der Waals surface area contributed by atoms with Crippen molar-refractivity contribution in [1.82, 2.24) is 0 Å². The lowest BCUT2D eigenvalue weighted by Crippen LogP contribution is -2.20. The number of hydrogen-bond donors (Lipinski definition) is 2. The predicted octanol–water partition coefficient (Wildman–Crippen LogP) is -1.38. The largest absolute Gasteiger partial charge is 0.368 e. The monoisotopic (exact) mass is 171 g/mol. The third-order valence-corrected chi connectivity index (χ3v) is 1.05. The molecule has 1 amide bonds. The molecule has 0 fully saturated rings. The van der Waals surface area contributed by atoms with E-state index in [0.29, 0.717) is 0 Å². The van der Waals surface area contributed by atoms with E-state index in [2.05, 4.69) is 21.1 Å². The molecular formula is C2H5NO4S2. The molecule has 1 unspecified atom stereocenters. The summed E-state index contributed by atoms with van der Waals surface area (Å²) in [4.78, 5) is 9.86. The quantitative estimate of drug-likeness (QED) is 0.546. The van der Waals surface area contributed by atoms with Gasteiger partial charge in [0, 0.05) is 11.2 Å². The number of carbonyl (C=O) groups is 1. The van der Waals surface area contributed by atoms with Crippen molar-refractivity contribution in [2.45, 2.75) is 0 Å². The van der Waals surface area contributed by atoms with E-state index in [1.165, 1.54) is 0 Å². The van der Waals surface area contributed by atoms with Gasteiger partial charge in [0.05, 0.1) is 0 Å².